The third-order valence-electron chi connectivity index (χ3n) is 5.98. The number of hydrogen-bond acceptors (Lipinski definition) is 4. The lowest BCUT2D eigenvalue weighted by Gasteiger charge is -2.30. The van der Waals surface area contributed by atoms with Crippen molar-refractivity contribution in [1.82, 2.24) is 10.1 Å². The van der Waals surface area contributed by atoms with Gasteiger partial charge in [0.05, 0.1) is 0 Å². The van der Waals surface area contributed by atoms with E-state index in [1.165, 1.54) is 24.1 Å². The molecule has 0 saturated carbocycles. The molecule has 1 aliphatic heterocycles. The van der Waals surface area contributed by atoms with Crippen LogP contribution in [0.1, 0.15) is 60.2 Å². The lowest BCUT2D eigenvalue weighted by molar-refractivity contribution is 0.101. The van der Waals surface area contributed by atoms with Crippen LogP contribution in [0.25, 0.3) is 10.9 Å². The van der Waals surface area contributed by atoms with Crippen molar-refractivity contribution in [3.05, 3.63) is 65.2 Å². The summed E-state index contributed by atoms with van der Waals surface area (Å²) in [6.07, 6.45) is 5.47. The number of aromatic nitrogens is 1. The van der Waals surface area contributed by atoms with Gasteiger partial charge in [-0.1, -0.05) is 29.4 Å². The number of ketones is 1. The molecule has 2 aromatic carbocycles. The normalized spacial score (nSPS) is 15.8. The minimum absolute atomic E-state index is 0.116. The Balaban J connectivity index is 1.21. The van der Waals surface area contributed by atoms with Gasteiger partial charge in [0.15, 0.2) is 5.78 Å². The van der Waals surface area contributed by atoms with Gasteiger partial charge in [-0.15, -0.1) is 0 Å². The number of halogens is 1. The quantitative estimate of drug-likeness (QED) is 0.399. The summed E-state index contributed by atoms with van der Waals surface area (Å²) < 4.78 is 18.9. The number of hydrogen-bond donors (Lipinski definition) is 0. The first-order valence-electron chi connectivity index (χ1n) is 10.5. The lowest BCUT2D eigenvalue weighted by atomic mass is 9.92. The maximum absolute atomic E-state index is 13.3. The van der Waals surface area contributed by atoms with Crippen molar-refractivity contribution < 1.29 is 13.7 Å². The topological polar surface area (TPSA) is 46.3 Å². The van der Waals surface area contributed by atoms with Crippen molar-refractivity contribution in [3.8, 4) is 0 Å². The molecule has 3 aromatic rings. The summed E-state index contributed by atoms with van der Waals surface area (Å²) in [5.41, 5.74) is 2.68. The van der Waals surface area contributed by atoms with Crippen molar-refractivity contribution in [2.45, 2.75) is 44.9 Å². The average molecular weight is 394 g/mol. The maximum atomic E-state index is 13.3. The predicted octanol–water partition coefficient (Wildman–Crippen LogP) is 5.37. The molecular formula is C24H27FN2O2. The van der Waals surface area contributed by atoms with E-state index in [1.54, 1.807) is 13.0 Å². The summed E-state index contributed by atoms with van der Waals surface area (Å²) in [6.45, 7) is 4.83. The molecule has 0 amide bonds. The van der Waals surface area contributed by atoms with Gasteiger partial charge in [0.1, 0.15) is 17.1 Å². The second kappa shape index (κ2) is 8.87. The van der Waals surface area contributed by atoms with Crippen molar-refractivity contribution in [2.75, 3.05) is 19.6 Å². The van der Waals surface area contributed by atoms with E-state index in [0.29, 0.717) is 11.4 Å². The zero-order valence-corrected chi connectivity index (χ0v) is 16.9. The maximum Gasteiger partial charge on any atom is 0.159 e. The number of benzene rings is 2. The molecule has 5 heteroatoms. The lowest BCUT2D eigenvalue weighted by Crippen LogP contribution is -2.33. The Morgan fingerprint density at radius 1 is 1.14 bits per heavy atom. The molecule has 0 unspecified atom stereocenters. The molecule has 1 aliphatic rings. The number of piperidine rings is 1. The minimum atomic E-state index is -0.276. The van der Waals surface area contributed by atoms with Gasteiger partial charge in [-0.05, 0) is 76.4 Å². The Morgan fingerprint density at radius 2 is 1.90 bits per heavy atom. The molecule has 0 bridgehead atoms. The van der Waals surface area contributed by atoms with Gasteiger partial charge >= 0.3 is 0 Å². The second-order valence-electron chi connectivity index (χ2n) is 8.03. The number of aryl methyl sites for hydroxylation is 1. The monoisotopic (exact) mass is 394 g/mol. The average Bonchev–Trinajstić information content (AvgIpc) is 3.15. The molecule has 0 spiro atoms. The number of nitrogens with zero attached hydrogens (tertiary/aromatic N) is 2. The molecule has 0 aliphatic carbocycles. The molecular weight excluding hydrogens is 367 g/mol. The zero-order chi connectivity index (χ0) is 20.2. The molecule has 2 heterocycles. The van der Waals surface area contributed by atoms with Crippen LogP contribution >= 0.6 is 0 Å². The summed E-state index contributed by atoms with van der Waals surface area (Å²) in [4.78, 5) is 13.9. The molecule has 0 N–H and O–H groups in total. The fourth-order valence-corrected chi connectivity index (χ4v) is 4.22. The highest BCUT2D eigenvalue weighted by molar-refractivity contribution is 5.94. The molecule has 1 aromatic heterocycles. The summed E-state index contributed by atoms with van der Waals surface area (Å²) >= 11 is 0. The van der Waals surface area contributed by atoms with Gasteiger partial charge in [-0.25, -0.2) is 4.39 Å². The molecule has 4 rings (SSSR count). The molecule has 0 atom stereocenters. The van der Waals surface area contributed by atoms with Crippen molar-refractivity contribution in [1.29, 1.82) is 0 Å². The van der Waals surface area contributed by atoms with Crippen LogP contribution in [0.4, 0.5) is 4.39 Å². The summed E-state index contributed by atoms with van der Waals surface area (Å²) in [5, 5.41) is 4.98. The first-order chi connectivity index (χ1) is 14.1. The van der Waals surface area contributed by atoms with Gasteiger partial charge < -0.3 is 9.42 Å². The van der Waals surface area contributed by atoms with E-state index in [4.69, 9.17) is 4.52 Å². The van der Waals surface area contributed by atoms with Crippen LogP contribution in [0.2, 0.25) is 0 Å². The summed E-state index contributed by atoms with van der Waals surface area (Å²) in [6, 6.07) is 12.7. The van der Waals surface area contributed by atoms with Gasteiger partial charge in [-0.2, -0.15) is 0 Å². The van der Waals surface area contributed by atoms with E-state index < -0.39 is 0 Å². The fourth-order valence-electron chi connectivity index (χ4n) is 4.22. The Hall–Kier alpha value is -2.53. The Morgan fingerprint density at radius 3 is 2.62 bits per heavy atom. The highest BCUT2D eigenvalue weighted by atomic mass is 19.1. The van der Waals surface area contributed by atoms with E-state index in [-0.39, 0.29) is 11.6 Å². The Bertz CT molecular complexity index is 972. The molecule has 1 fully saturated rings. The Kier molecular flexibility index (Phi) is 6.05. The number of carbonyl (C=O) groups excluding carboxylic acids is 1. The molecule has 29 heavy (non-hydrogen) atoms. The number of rotatable bonds is 7. The van der Waals surface area contributed by atoms with E-state index in [1.807, 2.05) is 12.1 Å². The van der Waals surface area contributed by atoms with Gasteiger partial charge in [0, 0.05) is 22.9 Å². The predicted molar refractivity (Wildman–Crippen MR) is 112 cm³/mol. The zero-order valence-electron chi connectivity index (χ0n) is 16.9. The summed E-state index contributed by atoms with van der Waals surface area (Å²) in [7, 11) is 0. The highest BCUT2D eigenvalue weighted by Gasteiger charge is 2.25. The molecule has 0 radical (unpaired) electrons. The minimum Gasteiger partial charge on any atom is -0.360 e. The van der Waals surface area contributed by atoms with Crippen molar-refractivity contribution in [3.63, 3.8) is 0 Å². The van der Waals surface area contributed by atoms with Crippen LogP contribution < -0.4 is 0 Å². The highest BCUT2D eigenvalue weighted by Crippen LogP contribution is 2.33. The third kappa shape index (κ3) is 4.73. The smallest absolute Gasteiger partial charge is 0.159 e. The SMILES string of the molecule is CC(=O)c1ccc(CCCCN2CCC(c3onc4cc(F)ccc34)CC2)cc1. The standard InChI is InChI=1S/C24H27FN2O2/c1-17(28)19-7-5-18(6-8-19)4-2-3-13-27-14-11-20(12-15-27)24-22-10-9-21(25)16-23(22)26-29-24/h5-10,16,20H,2-4,11-15H2,1H3. The largest absolute Gasteiger partial charge is 0.360 e. The third-order valence-corrected chi connectivity index (χ3v) is 5.98. The number of likely N-dealkylation sites (tertiary alicyclic amines) is 1. The van der Waals surface area contributed by atoms with Crippen molar-refractivity contribution in [2.24, 2.45) is 0 Å². The van der Waals surface area contributed by atoms with Crippen LogP contribution in [0, 0.1) is 5.82 Å². The molecule has 4 nitrogen and oxygen atoms in total. The van der Waals surface area contributed by atoms with E-state index in [0.717, 1.165) is 62.0 Å². The van der Waals surface area contributed by atoms with Gasteiger partial charge in [0.25, 0.3) is 0 Å². The van der Waals surface area contributed by atoms with E-state index in [2.05, 4.69) is 22.2 Å². The second-order valence-corrected chi connectivity index (χ2v) is 8.03. The van der Waals surface area contributed by atoms with Crippen LogP contribution in [-0.4, -0.2) is 35.5 Å². The fraction of sp³-hybridized carbons (Fsp3) is 0.417. The number of carbonyl (C=O) groups is 1. The van der Waals surface area contributed by atoms with E-state index in [9.17, 15) is 9.18 Å². The molecule has 1 saturated heterocycles. The van der Waals surface area contributed by atoms with Gasteiger partial charge in [0.2, 0.25) is 0 Å². The first-order valence-corrected chi connectivity index (χ1v) is 10.5. The van der Waals surface area contributed by atoms with Crippen molar-refractivity contribution >= 4 is 16.7 Å². The number of Topliss-reactive ketones (excluding diaryl/α,β-unsaturated/α-hetero) is 1. The van der Waals surface area contributed by atoms with Crippen LogP contribution in [-0.2, 0) is 6.42 Å². The first kappa shape index (κ1) is 19.8. The van der Waals surface area contributed by atoms with Gasteiger partial charge in [-0.3, -0.25) is 4.79 Å². The number of unbranched alkanes of at least 4 members (excludes halogenated alkanes) is 1. The van der Waals surface area contributed by atoms with E-state index >= 15 is 0 Å². The molecule has 152 valence electrons. The van der Waals surface area contributed by atoms with Crippen LogP contribution in [0.5, 0.6) is 0 Å². The Labute approximate surface area is 170 Å². The summed E-state index contributed by atoms with van der Waals surface area (Å²) in [5.74, 6) is 1.11. The van der Waals surface area contributed by atoms with Crippen LogP contribution in [0.3, 0.4) is 0 Å². The number of fused-ring (bicyclic) bond motifs is 1. The van der Waals surface area contributed by atoms with Crippen LogP contribution in [0.15, 0.2) is 47.0 Å².